The molecule has 11 nitrogen and oxygen atoms in total. The molecule has 0 spiro atoms. The minimum absolute atomic E-state index is 0.152. The minimum Gasteiger partial charge on any atom is -0.463 e. The molecule has 0 unspecified atom stereocenters. The zero-order valence-electron chi connectivity index (χ0n) is 24.9. The highest BCUT2D eigenvalue weighted by molar-refractivity contribution is 7.93. The van der Waals surface area contributed by atoms with Crippen molar-refractivity contribution in [1.29, 1.82) is 0 Å². The van der Waals surface area contributed by atoms with Crippen molar-refractivity contribution in [3.05, 3.63) is 60.7 Å². The Balaban J connectivity index is 1.60. The number of carbonyl (C=O) groups is 3. The first-order valence-corrected chi connectivity index (χ1v) is 14.7. The second-order valence-corrected chi connectivity index (χ2v) is 13.2. The fourth-order valence-electron chi connectivity index (χ4n) is 3.86. The average molecular weight is 599 g/mol. The van der Waals surface area contributed by atoms with Gasteiger partial charge < -0.3 is 25.0 Å². The zero-order chi connectivity index (χ0) is 31.3. The van der Waals surface area contributed by atoms with Crippen LogP contribution in [-0.4, -0.2) is 59.2 Å². The molecule has 0 heterocycles. The molecule has 2 amide bonds. The van der Waals surface area contributed by atoms with Crippen LogP contribution in [0.5, 0.6) is 0 Å². The van der Waals surface area contributed by atoms with E-state index in [4.69, 9.17) is 9.47 Å². The SMILES string of the molecule is CN(C)c1cccc2c(S(=O)(=O)Nc3ccc(NC(=O)C(C)(C)COC(=O)CNC(=O)OC(C)(C)C)cc3)cccc12. The van der Waals surface area contributed by atoms with E-state index in [0.29, 0.717) is 16.8 Å². The first kappa shape index (κ1) is 32.2. The van der Waals surface area contributed by atoms with Gasteiger partial charge in [0.25, 0.3) is 10.0 Å². The number of carbonyl (C=O) groups excluding carboxylic acids is 3. The number of alkyl carbamates (subject to hydrolysis) is 1. The van der Waals surface area contributed by atoms with Gasteiger partial charge in [-0.15, -0.1) is 0 Å². The Morgan fingerprint density at radius 2 is 1.43 bits per heavy atom. The summed E-state index contributed by atoms with van der Waals surface area (Å²) in [5, 5.41) is 6.46. The lowest BCUT2D eigenvalue weighted by Crippen LogP contribution is -2.39. The number of esters is 1. The molecule has 3 N–H and O–H groups in total. The molecular formula is C30H38N4O7S. The Morgan fingerprint density at radius 3 is 2.05 bits per heavy atom. The van der Waals surface area contributed by atoms with E-state index in [1.165, 1.54) is 0 Å². The Bertz CT molecular complexity index is 1560. The van der Waals surface area contributed by atoms with E-state index in [2.05, 4.69) is 15.4 Å². The molecule has 12 heteroatoms. The lowest BCUT2D eigenvalue weighted by atomic mass is 9.93. The first-order chi connectivity index (χ1) is 19.5. The topological polar surface area (TPSA) is 143 Å². The van der Waals surface area contributed by atoms with E-state index in [1.807, 2.05) is 37.2 Å². The van der Waals surface area contributed by atoms with Crippen LogP contribution in [0.25, 0.3) is 10.8 Å². The normalized spacial score (nSPS) is 11.9. The van der Waals surface area contributed by atoms with E-state index in [0.717, 1.165) is 11.1 Å². The summed E-state index contributed by atoms with van der Waals surface area (Å²) in [6, 6.07) is 16.9. The van der Waals surface area contributed by atoms with E-state index in [1.54, 1.807) is 77.1 Å². The molecule has 42 heavy (non-hydrogen) atoms. The smallest absolute Gasteiger partial charge is 0.408 e. The summed E-state index contributed by atoms with van der Waals surface area (Å²) in [7, 11) is -0.120. The number of hydrogen-bond acceptors (Lipinski definition) is 8. The van der Waals surface area contributed by atoms with Crippen molar-refractivity contribution in [3.8, 4) is 0 Å². The number of sulfonamides is 1. The summed E-state index contributed by atoms with van der Waals surface area (Å²) in [6.45, 7) is 7.67. The third kappa shape index (κ3) is 8.59. The van der Waals surface area contributed by atoms with Crippen LogP contribution in [0.3, 0.4) is 0 Å². The van der Waals surface area contributed by atoms with Gasteiger partial charge in [0.2, 0.25) is 5.91 Å². The number of amides is 2. The molecule has 0 aliphatic rings. The number of ether oxygens (including phenoxy) is 2. The van der Waals surface area contributed by atoms with Gasteiger partial charge in [-0.05, 0) is 71.0 Å². The van der Waals surface area contributed by atoms with Gasteiger partial charge in [0.1, 0.15) is 18.8 Å². The first-order valence-electron chi connectivity index (χ1n) is 13.2. The standard InChI is InChI=1S/C30H38N4O7S/c1-29(2,3)41-28(37)31-18-26(35)40-19-30(4,5)27(36)32-20-14-16-21(17-15-20)33-42(38,39)25-13-9-10-22-23(25)11-8-12-24(22)34(6)7/h8-17,33H,18-19H2,1-7H3,(H,31,37)(H,32,36). The molecule has 3 aromatic rings. The van der Waals surface area contributed by atoms with Crippen LogP contribution in [0.15, 0.2) is 65.6 Å². The van der Waals surface area contributed by atoms with Crippen molar-refractivity contribution in [2.24, 2.45) is 5.41 Å². The molecule has 0 radical (unpaired) electrons. The third-order valence-corrected chi connectivity index (χ3v) is 7.45. The summed E-state index contributed by atoms with van der Waals surface area (Å²) < 4.78 is 39.4. The molecule has 0 atom stereocenters. The summed E-state index contributed by atoms with van der Waals surface area (Å²) >= 11 is 0. The van der Waals surface area contributed by atoms with Crippen molar-refractivity contribution in [2.75, 3.05) is 42.2 Å². The van der Waals surface area contributed by atoms with Gasteiger partial charge in [-0.1, -0.05) is 24.3 Å². The Hall–Kier alpha value is -4.32. The van der Waals surface area contributed by atoms with Gasteiger partial charge >= 0.3 is 12.1 Å². The number of hydrogen-bond donors (Lipinski definition) is 3. The minimum atomic E-state index is -3.91. The van der Waals surface area contributed by atoms with Crippen LogP contribution in [0.1, 0.15) is 34.6 Å². The number of benzene rings is 3. The van der Waals surface area contributed by atoms with Crippen LogP contribution in [0.4, 0.5) is 21.9 Å². The Labute approximate surface area is 246 Å². The Kier molecular flexibility index (Phi) is 9.72. The lowest BCUT2D eigenvalue weighted by Gasteiger charge is -2.23. The second kappa shape index (κ2) is 12.7. The molecule has 0 fully saturated rings. The summed E-state index contributed by atoms with van der Waals surface area (Å²) in [4.78, 5) is 38.7. The van der Waals surface area contributed by atoms with Crippen molar-refractivity contribution in [1.82, 2.24) is 5.32 Å². The largest absolute Gasteiger partial charge is 0.463 e. The van der Waals surface area contributed by atoms with Crippen molar-refractivity contribution in [2.45, 2.75) is 45.1 Å². The molecule has 0 aliphatic carbocycles. The molecule has 3 rings (SSSR count). The van der Waals surface area contributed by atoms with Crippen molar-refractivity contribution in [3.63, 3.8) is 0 Å². The third-order valence-electron chi connectivity index (χ3n) is 6.01. The zero-order valence-corrected chi connectivity index (χ0v) is 25.7. The van der Waals surface area contributed by atoms with Gasteiger partial charge in [0.15, 0.2) is 0 Å². The van der Waals surface area contributed by atoms with Crippen LogP contribution < -0.4 is 20.3 Å². The van der Waals surface area contributed by atoms with E-state index >= 15 is 0 Å². The Morgan fingerprint density at radius 1 is 0.833 bits per heavy atom. The van der Waals surface area contributed by atoms with Gasteiger partial charge in [-0.2, -0.15) is 0 Å². The fraction of sp³-hybridized carbons (Fsp3) is 0.367. The average Bonchev–Trinajstić information content (AvgIpc) is 2.90. The number of rotatable bonds is 10. The van der Waals surface area contributed by atoms with Crippen molar-refractivity contribution < 1.29 is 32.3 Å². The number of anilines is 3. The highest BCUT2D eigenvalue weighted by Crippen LogP contribution is 2.31. The van der Waals surface area contributed by atoms with E-state index in [-0.39, 0.29) is 11.5 Å². The highest BCUT2D eigenvalue weighted by Gasteiger charge is 2.30. The quantitative estimate of drug-likeness (QED) is 0.284. The highest BCUT2D eigenvalue weighted by atomic mass is 32.2. The molecule has 0 bridgehead atoms. The number of nitrogens with one attached hydrogen (secondary N) is 3. The van der Waals surface area contributed by atoms with Gasteiger partial charge in [-0.3, -0.25) is 14.3 Å². The van der Waals surface area contributed by atoms with Gasteiger partial charge in [0.05, 0.1) is 10.3 Å². The molecule has 0 saturated heterocycles. The van der Waals surface area contributed by atoms with Crippen LogP contribution in [-0.2, 0) is 29.1 Å². The molecule has 3 aromatic carbocycles. The maximum atomic E-state index is 13.3. The monoisotopic (exact) mass is 598 g/mol. The fourth-order valence-corrected chi connectivity index (χ4v) is 5.14. The second-order valence-electron chi connectivity index (χ2n) is 11.6. The van der Waals surface area contributed by atoms with Crippen molar-refractivity contribution >= 4 is 55.8 Å². The van der Waals surface area contributed by atoms with Gasteiger partial charge in [0, 0.05) is 41.9 Å². The van der Waals surface area contributed by atoms with Gasteiger partial charge in [-0.25, -0.2) is 13.2 Å². The molecule has 0 saturated carbocycles. The predicted octanol–water partition coefficient (Wildman–Crippen LogP) is 4.74. The molecule has 0 aromatic heterocycles. The number of nitrogens with zero attached hydrogens (tertiary/aromatic N) is 1. The number of fused-ring (bicyclic) bond motifs is 1. The van der Waals surface area contributed by atoms with E-state index in [9.17, 15) is 22.8 Å². The molecule has 0 aliphatic heterocycles. The summed E-state index contributed by atoms with van der Waals surface area (Å²) in [5.74, 6) is -1.14. The molecule has 226 valence electrons. The van der Waals surface area contributed by atoms with Crippen LogP contribution in [0.2, 0.25) is 0 Å². The summed E-state index contributed by atoms with van der Waals surface area (Å²) in [6.07, 6.45) is -0.752. The maximum absolute atomic E-state index is 13.3. The lowest BCUT2D eigenvalue weighted by molar-refractivity contribution is -0.147. The van der Waals surface area contributed by atoms with E-state index < -0.39 is 45.6 Å². The van der Waals surface area contributed by atoms with Crippen LogP contribution >= 0.6 is 0 Å². The maximum Gasteiger partial charge on any atom is 0.408 e. The summed E-state index contributed by atoms with van der Waals surface area (Å²) in [5.41, 5.74) is -0.153. The van der Waals surface area contributed by atoms with Crippen LogP contribution in [0, 0.1) is 5.41 Å². The predicted molar refractivity (Wildman–Crippen MR) is 163 cm³/mol. The molecular weight excluding hydrogens is 560 g/mol.